The number of rotatable bonds is 4. The van der Waals surface area contributed by atoms with E-state index < -0.39 is 0 Å². The number of thiazole rings is 1. The molecule has 0 saturated heterocycles. The van der Waals surface area contributed by atoms with Gasteiger partial charge in [-0.05, 0) is 18.6 Å². The van der Waals surface area contributed by atoms with Crippen LogP contribution in [0.15, 0.2) is 28.2 Å². The van der Waals surface area contributed by atoms with Crippen LogP contribution in [-0.4, -0.2) is 24.1 Å². The topological polar surface area (TPSA) is 41.1 Å². The number of anilines is 2. The molecule has 0 fully saturated rings. The summed E-state index contributed by atoms with van der Waals surface area (Å²) in [6.07, 6.45) is 1.89. The number of pyridine rings is 1. The van der Waals surface area contributed by atoms with Crippen molar-refractivity contribution in [2.75, 3.05) is 23.7 Å². The average molecular weight is 266 g/mol. The molecule has 1 N–H and O–H groups in total. The Morgan fingerprint density at radius 2 is 2.18 bits per heavy atom. The molecule has 0 atom stereocenters. The normalized spacial score (nSPS) is 10.3. The number of nitrogens with zero attached hydrogens (tertiary/aromatic N) is 3. The lowest BCUT2D eigenvalue weighted by Crippen LogP contribution is -2.10. The van der Waals surface area contributed by atoms with E-state index in [0.29, 0.717) is 0 Å². The highest BCUT2D eigenvalue weighted by atomic mass is 32.2. The lowest BCUT2D eigenvalue weighted by molar-refractivity contribution is 1.04. The van der Waals surface area contributed by atoms with Crippen LogP contribution in [-0.2, 0) is 0 Å². The molecule has 0 aliphatic rings. The highest BCUT2D eigenvalue weighted by Crippen LogP contribution is 2.23. The summed E-state index contributed by atoms with van der Waals surface area (Å²) in [5.74, 6) is 0.871. The number of aryl methyl sites for hydroxylation is 1. The fraction of sp³-hybridized carbons (Fsp3) is 0.273. The first-order valence-corrected chi connectivity index (χ1v) is 6.88. The van der Waals surface area contributed by atoms with E-state index in [4.69, 9.17) is 0 Å². The summed E-state index contributed by atoms with van der Waals surface area (Å²) in [5, 5.41) is 2.91. The van der Waals surface area contributed by atoms with Crippen molar-refractivity contribution in [1.29, 1.82) is 0 Å². The Balaban J connectivity index is 2.05. The SMILES string of the molecule is Cc1cc(SNc2cscn2)ncc1N(C)C. The van der Waals surface area contributed by atoms with Crippen molar-refractivity contribution < 1.29 is 0 Å². The van der Waals surface area contributed by atoms with Crippen LogP contribution in [0, 0.1) is 6.92 Å². The Labute approximate surface area is 109 Å². The molecule has 17 heavy (non-hydrogen) atoms. The van der Waals surface area contributed by atoms with Gasteiger partial charge < -0.3 is 9.62 Å². The predicted octanol–water partition coefficient (Wildman–Crippen LogP) is 3.03. The zero-order valence-electron chi connectivity index (χ0n) is 9.97. The summed E-state index contributed by atoms with van der Waals surface area (Å²) in [6.45, 7) is 2.09. The van der Waals surface area contributed by atoms with Crippen LogP contribution in [0.2, 0.25) is 0 Å². The third-order valence-corrected chi connectivity index (χ3v) is 3.56. The minimum Gasteiger partial charge on any atom is -0.376 e. The minimum absolute atomic E-state index is 0.871. The van der Waals surface area contributed by atoms with Crippen molar-refractivity contribution in [1.82, 2.24) is 9.97 Å². The summed E-state index contributed by atoms with van der Waals surface area (Å²) >= 11 is 3.05. The zero-order chi connectivity index (χ0) is 12.3. The van der Waals surface area contributed by atoms with Crippen molar-refractivity contribution in [3.8, 4) is 0 Å². The summed E-state index contributed by atoms with van der Waals surface area (Å²) in [4.78, 5) is 10.6. The Hall–Kier alpha value is -1.27. The number of hydrogen-bond donors (Lipinski definition) is 1. The first-order valence-electron chi connectivity index (χ1n) is 5.12. The van der Waals surface area contributed by atoms with Gasteiger partial charge in [0.2, 0.25) is 0 Å². The zero-order valence-corrected chi connectivity index (χ0v) is 11.6. The second kappa shape index (κ2) is 5.37. The van der Waals surface area contributed by atoms with Crippen LogP contribution in [0.4, 0.5) is 11.5 Å². The number of hydrogen-bond acceptors (Lipinski definition) is 6. The van der Waals surface area contributed by atoms with Crippen LogP contribution in [0.1, 0.15) is 5.56 Å². The molecule has 2 aromatic rings. The lowest BCUT2D eigenvalue weighted by atomic mass is 10.2. The fourth-order valence-corrected chi connectivity index (χ4v) is 2.63. The molecule has 0 aromatic carbocycles. The van der Waals surface area contributed by atoms with Crippen LogP contribution < -0.4 is 9.62 Å². The van der Waals surface area contributed by atoms with E-state index in [1.807, 2.05) is 25.7 Å². The third kappa shape index (κ3) is 3.10. The molecule has 2 rings (SSSR count). The van der Waals surface area contributed by atoms with Gasteiger partial charge in [0.15, 0.2) is 0 Å². The molecule has 0 spiro atoms. The Morgan fingerprint density at radius 1 is 1.35 bits per heavy atom. The molecule has 0 aliphatic carbocycles. The van der Waals surface area contributed by atoms with E-state index >= 15 is 0 Å². The highest BCUT2D eigenvalue weighted by Gasteiger charge is 2.04. The van der Waals surface area contributed by atoms with Crippen molar-refractivity contribution in [3.63, 3.8) is 0 Å². The van der Waals surface area contributed by atoms with Gasteiger partial charge >= 0.3 is 0 Å². The summed E-state index contributed by atoms with van der Waals surface area (Å²) in [7, 11) is 4.04. The van der Waals surface area contributed by atoms with Crippen molar-refractivity contribution in [3.05, 3.63) is 28.7 Å². The van der Waals surface area contributed by atoms with Gasteiger partial charge in [-0.15, -0.1) is 11.3 Å². The standard InChI is InChI=1S/C11H14N4S2/c1-8-4-11(12-5-9(8)15(2)3)17-14-10-6-16-7-13-10/h4-7,14H,1-3H3. The van der Waals surface area contributed by atoms with E-state index in [1.165, 1.54) is 17.5 Å². The summed E-state index contributed by atoms with van der Waals surface area (Å²) < 4.78 is 3.16. The maximum Gasteiger partial charge on any atom is 0.147 e. The molecular weight excluding hydrogens is 252 g/mol. The van der Waals surface area contributed by atoms with Gasteiger partial charge in [0.05, 0.1) is 17.4 Å². The van der Waals surface area contributed by atoms with Crippen LogP contribution in [0.3, 0.4) is 0 Å². The van der Waals surface area contributed by atoms with Gasteiger partial charge in [-0.3, -0.25) is 0 Å². The molecule has 4 nitrogen and oxygen atoms in total. The van der Waals surface area contributed by atoms with Gasteiger partial charge in [-0.1, -0.05) is 0 Å². The summed E-state index contributed by atoms with van der Waals surface area (Å²) in [5.41, 5.74) is 4.16. The Bertz CT molecular complexity index is 482. The second-order valence-corrected chi connectivity index (χ2v) is 5.33. The number of aromatic nitrogens is 2. The van der Waals surface area contributed by atoms with Crippen molar-refractivity contribution in [2.45, 2.75) is 11.9 Å². The molecule has 0 aliphatic heterocycles. The van der Waals surface area contributed by atoms with E-state index in [2.05, 4.69) is 32.6 Å². The highest BCUT2D eigenvalue weighted by molar-refractivity contribution is 8.00. The Morgan fingerprint density at radius 3 is 2.76 bits per heavy atom. The van der Waals surface area contributed by atoms with Crippen LogP contribution >= 0.6 is 23.3 Å². The Kier molecular flexibility index (Phi) is 3.86. The maximum atomic E-state index is 4.39. The lowest BCUT2D eigenvalue weighted by Gasteiger charge is -2.15. The minimum atomic E-state index is 0.871. The number of nitrogens with one attached hydrogen (secondary N) is 1. The van der Waals surface area contributed by atoms with Gasteiger partial charge in [-0.2, -0.15) is 0 Å². The largest absolute Gasteiger partial charge is 0.376 e. The molecule has 2 aromatic heterocycles. The van der Waals surface area contributed by atoms with Crippen molar-refractivity contribution >= 4 is 34.8 Å². The van der Waals surface area contributed by atoms with E-state index in [9.17, 15) is 0 Å². The quantitative estimate of drug-likeness (QED) is 0.861. The van der Waals surface area contributed by atoms with Gasteiger partial charge in [0, 0.05) is 31.4 Å². The first kappa shape index (κ1) is 12.2. The summed E-state index contributed by atoms with van der Waals surface area (Å²) in [6, 6.07) is 2.07. The third-order valence-electron chi connectivity index (χ3n) is 2.23. The first-order chi connectivity index (χ1) is 8.16. The smallest absolute Gasteiger partial charge is 0.147 e. The fourth-order valence-electron chi connectivity index (χ4n) is 1.41. The molecule has 0 unspecified atom stereocenters. The van der Waals surface area contributed by atoms with Crippen LogP contribution in [0.25, 0.3) is 0 Å². The monoisotopic (exact) mass is 266 g/mol. The molecule has 6 heteroatoms. The molecule has 0 saturated carbocycles. The van der Waals surface area contributed by atoms with Crippen LogP contribution in [0.5, 0.6) is 0 Å². The molecule has 90 valence electrons. The molecule has 2 heterocycles. The van der Waals surface area contributed by atoms with E-state index in [-0.39, 0.29) is 0 Å². The van der Waals surface area contributed by atoms with Gasteiger partial charge in [0.1, 0.15) is 10.8 Å². The molecule has 0 radical (unpaired) electrons. The molecule has 0 amide bonds. The predicted molar refractivity (Wildman–Crippen MR) is 74.9 cm³/mol. The molecular formula is C11H14N4S2. The van der Waals surface area contributed by atoms with Gasteiger partial charge in [-0.25, -0.2) is 9.97 Å². The maximum absolute atomic E-state index is 4.39. The average Bonchev–Trinajstić information content (AvgIpc) is 2.78. The molecule has 0 bridgehead atoms. The second-order valence-electron chi connectivity index (χ2n) is 3.78. The van der Waals surface area contributed by atoms with Gasteiger partial charge in [0.25, 0.3) is 0 Å². The van der Waals surface area contributed by atoms with Crippen molar-refractivity contribution in [2.24, 2.45) is 0 Å². The van der Waals surface area contributed by atoms with E-state index in [1.54, 1.807) is 16.8 Å². The van der Waals surface area contributed by atoms with E-state index in [0.717, 1.165) is 16.5 Å².